The van der Waals surface area contributed by atoms with Crippen LogP contribution in [0.5, 0.6) is 0 Å². The number of aromatic amines is 1. The highest BCUT2D eigenvalue weighted by Gasteiger charge is 2.46. The lowest BCUT2D eigenvalue weighted by Gasteiger charge is -2.42. The summed E-state index contributed by atoms with van der Waals surface area (Å²) in [4.78, 5) is 28.4. The number of rotatable bonds is 6. The molecule has 3 N–H and O–H groups in total. The third kappa shape index (κ3) is 4.09. The van der Waals surface area contributed by atoms with E-state index in [0.29, 0.717) is 49.5 Å². The number of carbonyl (C=O) groups excluding carboxylic acids is 1. The first kappa shape index (κ1) is 23.5. The van der Waals surface area contributed by atoms with Crippen LogP contribution in [-0.2, 0) is 14.8 Å². The highest BCUT2D eigenvalue weighted by molar-refractivity contribution is 7.89. The molecule has 1 unspecified atom stereocenters. The van der Waals surface area contributed by atoms with Crippen LogP contribution in [0, 0.1) is 17.2 Å². The number of hydrogen-bond acceptors (Lipinski definition) is 8. The van der Waals surface area contributed by atoms with Gasteiger partial charge in [0.2, 0.25) is 15.9 Å². The predicted molar refractivity (Wildman–Crippen MR) is 129 cm³/mol. The minimum atomic E-state index is -3.86. The Morgan fingerprint density at radius 1 is 1.34 bits per heavy atom. The summed E-state index contributed by atoms with van der Waals surface area (Å²) >= 11 is 0. The molecule has 1 amide bonds. The Labute approximate surface area is 202 Å². The molecular weight excluding hydrogens is 470 g/mol. The maximum Gasteiger partial charge on any atom is 0.242 e. The number of aromatic nitrogens is 3. The van der Waals surface area contributed by atoms with Crippen molar-refractivity contribution in [3.63, 3.8) is 0 Å². The van der Waals surface area contributed by atoms with Gasteiger partial charge >= 0.3 is 0 Å². The van der Waals surface area contributed by atoms with Crippen LogP contribution in [0.25, 0.3) is 21.9 Å². The predicted octanol–water partition coefficient (Wildman–Crippen LogP) is 1.11. The zero-order valence-electron chi connectivity index (χ0n) is 19.5. The molecule has 1 aliphatic carbocycles. The monoisotopic (exact) mass is 497 g/mol. The number of sulfonamides is 1. The van der Waals surface area contributed by atoms with Crippen molar-refractivity contribution in [2.45, 2.75) is 43.2 Å². The number of nitrogens with zero attached hydrogens (tertiary/aromatic N) is 5. The maximum absolute atomic E-state index is 12.9. The average Bonchev–Trinajstić information content (AvgIpc) is 3.51. The lowest BCUT2D eigenvalue weighted by atomic mass is 10.1. The lowest BCUT2D eigenvalue weighted by molar-refractivity contribution is -0.138. The lowest BCUT2D eigenvalue weighted by Crippen LogP contribution is -2.57. The van der Waals surface area contributed by atoms with Gasteiger partial charge in [-0.25, -0.2) is 18.4 Å². The molecule has 35 heavy (non-hydrogen) atoms. The number of piperazine rings is 1. The van der Waals surface area contributed by atoms with E-state index in [-0.39, 0.29) is 29.4 Å². The Balaban J connectivity index is 1.50. The molecule has 2 aliphatic rings. The molecular formula is C23H27N7O4S. The van der Waals surface area contributed by atoms with Crippen molar-refractivity contribution in [1.29, 1.82) is 5.26 Å². The molecule has 0 radical (unpaired) electrons. The van der Waals surface area contributed by atoms with Crippen molar-refractivity contribution in [1.82, 2.24) is 24.6 Å². The van der Waals surface area contributed by atoms with E-state index in [9.17, 15) is 23.6 Å². The quantitative estimate of drug-likeness (QED) is 0.457. The van der Waals surface area contributed by atoms with Gasteiger partial charge in [0, 0.05) is 36.5 Å². The van der Waals surface area contributed by atoms with Gasteiger partial charge in [-0.05, 0) is 25.0 Å². The van der Waals surface area contributed by atoms with Gasteiger partial charge in [0.05, 0.1) is 29.0 Å². The number of aliphatic hydroxyl groups is 1. The van der Waals surface area contributed by atoms with Crippen LogP contribution in [0.15, 0.2) is 29.4 Å². The third-order valence-corrected chi connectivity index (χ3v) is 8.25. The number of amides is 1. The summed E-state index contributed by atoms with van der Waals surface area (Å²) in [6.07, 6.45) is 2.44. The van der Waals surface area contributed by atoms with Gasteiger partial charge in [-0.3, -0.25) is 4.79 Å². The van der Waals surface area contributed by atoms with Crippen LogP contribution in [0.1, 0.15) is 26.7 Å². The second kappa shape index (κ2) is 8.44. The van der Waals surface area contributed by atoms with E-state index in [1.54, 1.807) is 11.0 Å². The highest BCUT2D eigenvalue weighted by Crippen LogP contribution is 2.37. The Kier molecular flexibility index (Phi) is 5.66. The topological polar surface area (TPSA) is 155 Å². The normalized spacial score (nSPS) is 19.9. The second-order valence-corrected chi connectivity index (χ2v) is 11.2. The van der Waals surface area contributed by atoms with Crippen molar-refractivity contribution in [3.8, 4) is 6.07 Å². The summed E-state index contributed by atoms with van der Waals surface area (Å²) in [5.41, 5.74) is 0.137. The molecule has 2 aromatic heterocycles. The molecule has 12 heteroatoms. The summed E-state index contributed by atoms with van der Waals surface area (Å²) in [5.74, 6) is 0.514. The van der Waals surface area contributed by atoms with Crippen molar-refractivity contribution in [2.75, 3.05) is 31.1 Å². The van der Waals surface area contributed by atoms with Crippen LogP contribution in [0.3, 0.4) is 0 Å². The van der Waals surface area contributed by atoms with Crippen LogP contribution >= 0.6 is 0 Å². The molecule has 1 atom stereocenters. The number of nitriles is 1. The molecule has 3 heterocycles. The van der Waals surface area contributed by atoms with E-state index in [2.05, 4.69) is 19.7 Å². The van der Waals surface area contributed by atoms with Gasteiger partial charge in [-0.1, -0.05) is 19.9 Å². The standard InChI is InChI=1S/C23H27N7O4S/c1-14(2)22(32)30-8-7-29(10-15(30)11-31)21-19-17-4-3-16(9-18(17)27-20(19)25-13-26-21)35(33,34)28-23(12-24)5-6-23/h3-4,9,13-15,28,31H,5-8,10-11H2,1-2H3,(H,25,26,27). The minimum absolute atomic E-state index is 0.00959. The molecule has 1 aliphatic heterocycles. The average molecular weight is 498 g/mol. The van der Waals surface area contributed by atoms with Crippen LogP contribution in [0.4, 0.5) is 5.82 Å². The SMILES string of the molecule is CC(C)C(=O)N1CCN(c2ncnc3[nH]c4cc(S(=O)(=O)NC5(C#N)CC5)ccc4c23)CC1CO. The maximum atomic E-state index is 12.9. The summed E-state index contributed by atoms with van der Waals surface area (Å²) in [7, 11) is -3.86. The fraction of sp³-hybridized carbons (Fsp3) is 0.478. The molecule has 1 aromatic carbocycles. The smallest absolute Gasteiger partial charge is 0.242 e. The van der Waals surface area contributed by atoms with Crippen LogP contribution in [0.2, 0.25) is 0 Å². The van der Waals surface area contributed by atoms with E-state index in [0.717, 1.165) is 10.8 Å². The number of anilines is 1. The van der Waals surface area contributed by atoms with Crippen LogP contribution < -0.4 is 9.62 Å². The Morgan fingerprint density at radius 3 is 2.77 bits per heavy atom. The van der Waals surface area contributed by atoms with Gasteiger partial charge in [0.15, 0.2) is 0 Å². The van der Waals surface area contributed by atoms with Crippen molar-refractivity contribution >= 4 is 43.7 Å². The first-order chi connectivity index (χ1) is 16.7. The Hall–Kier alpha value is -3.27. The number of carbonyl (C=O) groups is 1. The van der Waals surface area contributed by atoms with E-state index >= 15 is 0 Å². The largest absolute Gasteiger partial charge is 0.394 e. The molecule has 0 bridgehead atoms. The third-order valence-electron chi connectivity index (χ3n) is 6.71. The highest BCUT2D eigenvalue weighted by atomic mass is 32.2. The van der Waals surface area contributed by atoms with Crippen molar-refractivity contribution in [2.24, 2.45) is 5.92 Å². The molecule has 1 saturated heterocycles. The molecule has 5 rings (SSSR count). The molecule has 11 nitrogen and oxygen atoms in total. The second-order valence-electron chi connectivity index (χ2n) is 9.52. The zero-order valence-corrected chi connectivity index (χ0v) is 20.3. The van der Waals surface area contributed by atoms with E-state index in [1.165, 1.54) is 18.5 Å². The number of fused-ring (bicyclic) bond motifs is 3. The first-order valence-corrected chi connectivity index (χ1v) is 13.0. The fourth-order valence-electron chi connectivity index (χ4n) is 4.60. The summed E-state index contributed by atoms with van der Waals surface area (Å²) in [6.45, 7) is 4.96. The minimum Gasteiger partial charge on any atom is -0.394 e. The van der Waals surface area contributed by atoms with Crippen molar-refractivity contribution < 1.29 is 18.3 Å². The number of H-pyrrole nitrogens is 1. The fourth-order valence-corrected chi connectivity index (χ4v) is 6.00. The number of aliphatic hydroxyl groups excluding tert-OH is 1. The van der Waals surface area contributed by atoms with Crippen molar-refractivity contribution in [3.05, 3.63) is 24.5 Å². The molecule has 2 fully saturated rings. The summed E-state index contributed by atoms with van der Waals surface area (Å²) < 4.78 is 28.2. The molecule has 0 spiro atoms. The van der Waals surface area contributed by atoms with Gasteiger partial charge < -0.3 is 19.9 Å². The Morgan fingerprint density at radius 2 is 2.11 bits per heavy atom. The number of benzene rings is 1. The molecule has 184 valence electrons. The Bertz CT molecular complexity index is 1460. The first-order valence-electron chi connectivity index (χ1n) is 11.6. The van der Waals surface area contributed by atoms with Crippen LogP contribution in [-0.4, -0.2) is 77.1 Å². The number of hydrogen-bond donors (Lipinski definition) is 3. The summed E-state index contributed by atoms with van der Waals surface area (Å²) in [6, 6.07) is 6.44. The van der Waals surface area contributed by atoms with E-state index in [1.807, 2.05) is 24.8 Å². The summed E-state index contributed by atoms with van der Waals surface area (Å²) in [5, 5.41) is 20.7. The van der Waals surface area contributed by atoms with Gasteiger partial charge in [-0.15, -0.1) is 0 Å². The molecule has 3 aromatic rings. The zero-order chi connectivity index (χ0) is 25.0. The van der Waals surface area contributed by atoms with E-state index < -0.39 is 15.6 Å². The molecule has 1 saturated carbocycles. The number of nitrogens with one attached hydrogen (secondary N) is 2. The van der Waals surface area contributed by atoms with E-state index in [4.69, 9.17) is 0 Å². The van der Waals surface area contributed by atoms with Gasteiger partial charge in [0.1, 0.15) is 23.3 Å². The van der Waals surface area contributed by atoms with Gasteiger partial charge in [-0.2, -0.15) is 9.98 Å². The van der Waals surface area contributed by atoms with Gasteiger partial charge in [0.25, 0.3) is 0 Å².